The molecule has 3 amide bonds. The highest BCUT2D eigenvalue weighted by atomic mass is 35.5. The van der Waals surface area contributed by atoms with Crippen LogP contribution in [0.4, 0.5) is 5.69 Å². The first-order valence-corrected chi connectivity index (χ1v) is 7.67. The minimum Gasteiger partial charge on any atom is -0.341 e. The molecule has 9 heteroatoms. The lowest BCUT2D eigenvalue weighted by atomic mass is 10.2. The molecule has 0 spiro atoms. The number of nitro groups is 1. The zero-order valence-electron chi connectivity index (χ0n) is 13.0. The summed E-state index contributed by atoms with van der Waals surface area (Å²) in [5.74, 6) is -0.820. The molecule has 1 aromatic carbocycles. The van der Waals surface area contributed by atoms with Gasteiger partial charge in [-0.15, -0.1) is 0 Å². The van der Waals surface area contributed by atoms with Crippen LogP contribution >= 0.6 is 11.6 Å². The van der Waals surface area contributed by atoms with Crippen LogP contribution in [-0.4, -0.2) is 46.0 Å². The molecule has 0 N–H and O–H groups in total. The van der Waals surface area contributed by atoms with E-state index >= 15 is 0 Å². The van der Waals surface area contributed by atoms with Crippen molar-refractivity contribution in [3.05, 3.63) is 38.9 Å². The Balaban J connectivity index is 1.96. The average molecular weight is 354 g/mol. The third-order valence-electron chi connectivity index (χ3n) is 3.78. The Hall–Kier alpha value is -2.48. The first kappa shape index (κ1) is 17.9. The number of halogens is 1. The number of hydrogen-bond acceptors (Lipinski definition) is 5. The monoisotopic (exact) mass is 353 g/mol. The molecule has 1 saturated heterocycles. The molecule has 128 valence electrons. The fourth-order valence-corrected chi connectivity index (χ4v) is 2.59. The highest BCUT2D eigenvalue weighted by Gasteiger charge is 2.29. The third kappa shape index (κ3) is 4.08. The van der Waals surface area contributed by atoms with E-state index in [1.807, 2.05) is 0 Å². The van der Waals surface area contributed by atoms with E-state index in [2.05, 4.69) is 0 Å². The fraction of sp³-hybridized carbons (Fsp3) is 0.400. The van der Waals surface area contributed by atoms with Crippen molar-refractivity contribution in [3.8, 4) is 0 Å². The Morgan fingerprint density at radius 2 is 1.96 bits per heavy atom. The molecular weight excluding hydrogens is 338 g/mol. The topological polar surface area (TPSA) is 101 Å². The van der Waals surface area contributed by atoms with E-state index < -0.39 is 4.92 Å². The Morgan fingerprint density at radius 3 is 2.54 bits per heavy atom. The van der Waals surface area contributed by atoms with Gasteiger partial charge in [0.25, 0.3) is 5.69 Å². The van der Waals surface area contributed by atoms with E-state index in [1.165, 1.54) is 30.1 Å². The molecule has 1 aliphatic rings. The van der Waals surface area contributed by atoms with E-state index in [0.29, 0.717) is 10.6 Å². The molecule has 24 heavy (non-hydrogen) atoms. The van der Waals surface area contributed by atoms with Crippen molar-refractivity contribution in [2.75, 3.05) is 13.6 Å². The van der Waals surface area contributed by atoms with Crippen molar-refractivity contribution in [1.82, 2.24) is 9.80 Å². The summed E-state index contributed by atoms with van der Waals surface area (Å²) in [4.78, 5) is 47.9. The van der Waals surface area contributed by atoms with Gasteiger partial charge in [-0.05, 0) is 11.6 Å². The molecule has 0 atom stereocenters. The molecule has 0 saturated carbocycles. The van der Waals surface area contributed by atoms with E-state index in [4.69, 9.17) is 11.6 Å². The van der Waals surface area contributed by atoms with Gasteiger partial charge in [0.05, 0.1) is 4.92 Å². The van der Waals surface area contributed by atoms with Gasteiger partial charge in [-0.25, -0.2) is 0 Å². The smallest absolute Gasteiger partial charge is 0.269 e. The number of benzene rings is 1. The van der Waals surface area contributed by atoms with Crippen molar-refractivity contribution >= 4 is 35.0 Å². The van der Waals surface area contributed by atoms with Gasteiger partial charge in [0, 0.05) is 56.6 Å². The number of hydrogen-bond donors (Lipinski definition) is 0. The maximum atomic E-state index is 12.1. The minimum absolute atomic E-state index is 0.000522. The highest BCUT2D eigenvalue weighted by Crippen LogP contribution is 2.23. The van der Waals surface area contributed by atoms with Crippen LogP contribution in [0.5, 0.6) is 0 Å². The van der Waals surface area contributed by atoms with E-state index in [1.54, 1.807) is 0 Å². The summed E-state index contributed by atoms with van der Waals surface area (Å²) >= 11 is 6.01. The molecule has 0 aliphatic carbocycles. The Bertz CT molecular complexity index is 690. The van der Waals surface area contributed by atoms with Gasteiger partial charge < -0.3 is 4.90 Å². The Labute approximate surface area is 143 Å². The van der Waals surface area contributed by atoms with Crippen LogP contribution in [0.15, 0.2) is 18.2 Å². The van der Waals surface area contributed by atoms with Crippen LogP contribution in [0.25, 0.3) is 0 Å². The molecule has 0 unspecified atom stereocenters. The van der Waals surface area contributed by atoms with Crippen LogP contribution in [0.2, 0.25) is 5.02 Å². The number of nitro benzene ring substituents is 1. The standard InChI is InChI=1S/C15H16ClN3O5/c1-17(9-10-8-11(19(23)24)2-3-12(10)16)13(20)6-7-18-14(21)4-5-15(18)22/h2-3,8H,4-7,9H2,1H3. The van der Waals surface area contributed by atoms with Crippen LogP contribution in [0, 0.1) is 10.1 Å². The van der Waals surface area contributed by atoms with E-state index in [-0.39, 0.29) is 55.8 Å². The number of carbonyl (C=O) groups excluding carboxylic acids is 3. The second-order valence-electron chi connectivity index (χ2n) is 5.47. The van der Waals surface area contributed by atoms with Gasteiger partial charge in [0.1, 0.15) is 0 Å². The first-order valence-electron chi connectivity index (χ1n) is 7.29. The van der Waals surface area contributed by atoms with Crippen molar-refractivity contribution in [2.45, 2.75) is 25.8 Å². The molecule has 0 bridgehead atoms. The van der Waals surface area contributed by atoms with Gasteiger partial charge >= 0.3 is 0 Å². The summed E-state index contributed by atoms with van der Waals surface area (Å²) in [5, 5.41) is 11.1. The van der Waals surface area contributed by atoms with E-state index in [0.717, 1.165) is 4.90 Å². The lowest BCUT2D eigenvalue weighted by Gasteiger charge is -2.20. The molecule has 1 aromatic rings. The maximum Gasteiger partial charge on any atom is 0.269 e. The van der Waals surface area contributed by atoms with Gasteiger partial charge in [-0.2, -0.15) is 0 Å². The second-order valence-corrected chi connectivity index (χ2v) is 5.88. The van der Waals surface area contributed by atoms with E-state index in [9.17, 15) is 24.5 Å². The van der Waals surface area contributed by atoms with Crippen LogP contribution in [0.1, 0.15) is 24.8 Å². The molecule has 1 fully saturated rings. The molecule has 8 nitrogen and oxygen atoms in total. The number of imide groups is 1. The third-order valence-corrected chi connectivity index (χ3v) is 4.15. The fourth-order valence-electron chi connectivity index (χ4n) is 2.41. The summed E-state index contributed by atoms with van der Waals surface area (Å²) in [6.45, 7) is 0.144. The predicted molar refractivity (Wildman–Crippen MR) is 85.2 cm³/mol. The number of non-ortho nitro benzene ring substituents is 1. The molecule has 1 heterocycles. The van der Waals surface area contributed by atoms with Crippen LogP contribution in [0.3, 0.4) is 0 Å². The average Bonchev–Trinajstić information content (AvgIpc) is 2.85. The largest absolute Gasteiger partial charge is 0.341 e. The molecule has 0 aromatic heterocycles. The summed E-state index contributed by atoms with van der Waals surface area (Å²) in [6.07, 6.45) is 0.374. The number of rotatable bonds is 6. The molecule has 2 rings (SSSR count). The normalized spacial score (nSPS) is 14.2. The molecular formula is C15H16ClN3O5. The Morgan fingerprint density at radius 1 is 1.33 bits per heavy atom. The number of carbonyl (C=O) groups is 3. The van der Waals surface area contributed by atoms with Crippen molar-refractivity contribution < 1.29 is 19.3 Å². The summed E-state index contributed by atoms with van der Waals surface area (Å²) in [6, 6.07) is 4.02. The zero-order valence-corrected chi connectivity index (χ0v) is 13.8. The minimum atomic E-state index is -0.535. The SMILES string of the molecule is CN(Cc1cc([N+](=O)[O-])ccc1Cl)C(=O)CCN1C(=O)CCC1=O. The Kier molecular flexibility index (Phi) is 5.50. The van der Waals surface area contributed by atoms with Crippen molar-refractivity contribution in [3.63, 3.8) is 0 Å². The molecule has 0 radical (unpaired) electrons. The lowest BCUT2D eigenvalue weighted by Crippen LogP contribution is -2.34. The first-order chi connectivity index (χ1) is 11.3. The maximum absolute atomic E-state index is 12.1. The summed E-state index contributed by atoms with van der Waals surface area (Å²) in [7, 11) is 1.53. The molecule has 1 aliphatic heterocycles. The summed E-state index contributed by atoms with van der Waals surface area (Å²) in [5.41, 5.74) is 0.346. The number of likely N-dealkylation sites (tertiary alicyclic amines) is 1. The van der Waals surface area contributed by atoms with Crippen LogP contribution < -0.4 is 0 Å². The quantitative estimate of drug-likeness (QED) is 0.440. The van der Waals surface area contributed by atoms with Gasteiger partial charge in [0.2, 0.25) is 17.7 Å². The number of amides is 3. The second kappa shape index (κ2) is 7.39. The summed E-state index contributed by atoms with van der Waals surface area (Å²) < 4.78 is 0. The van der Waals surface area contributed by atoms with Gasteiger partial charge in [-0.3, -0.25) is 29.4 Å². The van der Waals surface area contributed by atoms with Crippen molar-refractivity contribution in [1.29, 1.82) is 0 Å². The zero-order chi connectivity index (χ0) is 17.9. The predicted octanol–water partition coefficient (Wildman–Crippen LogP) is 1.75. The van der Waals surface area contributed by atoms with Crippen molar-refractivity contribution in [2.24, 2.45) is 0 Å². The number of nitrogens with zero attached hydrogens (tertiary/aromatic N) is 3. The highest BCUT2D eigenvalue weighted by molar-refractivity contribution is 6.31. The van der Waals surface area contributed by atoms with Gasteiger partial charge in [-0.1, -0.05) is 11.6 Å². The van der Waals surface area contributed by atoms with Gasteiger partial charge in [0.15, 0.2) is 0 Å². The lowest BCUT2D eigenvalue weighted by molar-refractivity contribution is -0.384. The van der Waals surface area contributed by atoms with Crippen LogP contribution in [-0.2, 0) is 20.9 Å².